The summed E-state index contributed by atoms with van der Waals surface area (Å²) in [6.07, 6.45) is 0. The van der Waals surface area contributed by atoms with Crippen molar-refractivity contribution in [3.05, 3.63) is 120 Å². The molecular formula is C32H26ClN3O5S. The molecule has 0 fully saturated rings. The number of benzene rings is 3. The monoisotopic (exact) mass is 599 g/mol. The summed E-state index contributed by atoms with van der Waals surface area (Å²) in [7, 11) is 1.51. The van der Waals surface area contributed by atoms with Gasteiger partial charge in [-0.1, -0.05) is 71.5 Å². The highest BCUT2D eigenvalue weighted by atomic mass is 35.5. The van der Waals surface area contributed by atoms with Crippen LogP contribution in [0.1, 0.15) is 36.6 Å². The van der Waals surface area contributed by atoms with E-state index >= 15 is 0 Å². The van der Waals surface area contributed by atoms with Gasteiger partial charge in [0.05, 0.1) is 36.2 Å². The first-order chi connectivity index (χ1) is 20.4. The second kappa shape index (κ2) is 11.1. The first-order valence-corrected chi connectivity index (χ1v) is 14.6. The predicted octanol–water partition coefficient (Wildman–Crippen LogP) is 4.33. The third-order valence-corrected chi connectivity index (χ3v) is 8.59. The molecule has 0 bridgehead atoms. The number of carbonyl (C=O) groups excluding carboxylic acids is 2. The van der Waals surface area contributed by atoms with Crippen molar-refractivity contribution < 1.29 is 19.1 Å². The molecule has 0 N–H and O–H groups in total. The number of hydrogen-bond acceptors (Lipinski definition) is 7. The van der Waals surface area contributed by atoms with Gasteiger partial charge in [0, 0.05) is 28.3 Å². The fraction of sp³-hybridized carbons (Fsp3) is 0.188. The van der Waals surface area contributed by atoms with Crippen molar-refractivity contribution in [1.29, 1.82) is 0 Å². The quantitative estimate of drug-likeness (QED) is 0.308. The lowest BCUT2D eigenvalue weighted by Gasteiger charge is -2.27. The molecule has 1 amide bonds. The van der Waals surface area contributed by atoms with Crippen molar-refractivity contribution in [3.63, 3.8) is 0 Å². The van der Waals surface area contributed by atoms with E-state index < -0.39 is 17.6 Å². The van der Waals surface area contributed by atoms with Gasteiger partial charge in [-0.2, -0.15) is 0 Å². The molecule has 0 saturated carbocycles. The molecule has 2 aliphatic rings. The van der Waals surface area contributed by atoms with Crippen LogP contribution in [-0.4, -0.2) is 36.7 Å². The third-order valence-electron chi connectivity index (χ3n) is 7.30. The third kappa shape index (κ3) is 4.36. The maximum absolute atomic E-state index is 14.5. The first kappa shape index (κ1) is 27.7. The minimum Gasteiger partial charge on any atom is -0.496 e. The maximum atomic E-state index is 14.5. The summed E-state index contributed by atoms with van der Waals surface area (Å²) in [6, 6.07) is 20.7. The van der Waals surface area contributed by atoms with Gasteiger partial charge in [0.15, 0.2) is 4.80 Å². The average Bonchev–Trinajstić information content (AvgIpc) is 3.48. The molecule has 0 aliphatic carbocycles. The number of thiazole rings is 1. The molecule has 1 atom stereocenters. The predicted molar refractivity (Wildman–Crippen MR) is 162 cm³/mol. The van der Waals surface area contributed by atoms with E-state index in [0.717, 1.165) is 17.0 Å². The molecular weight excluding hydrogens is 574 g/mol. The van der Waals surface area contributed by atoms with E-state index in [4.69, 9.17) is 26.1 Å². The molecule has 0 saturated heterocycles. The van der Waals surface area contributed by atoms with E-state index in [-0.39, 0.29) is 22.6 Å². The van der Waals surface area contributed by atoms with Crippen LogP contribution in [0.2, 0.25) is 5.02 Å². The minimum atomic E-state index is -0.993. The first-order valence-electron chi connectivity index (χ1n) is 13.4. The number of fused-ring (bicyclic) bond motifs is 2. The number of aromatic nitrogens is 1. The number of nitrogens with zero attached hydrogens (tertiary/aromatic N) is 3. The van der Waals surface area contributed by atoms with Crippen LogP contribution in [0, 0.1) is 0 Å². The highest BCUT2D eigenvalue weighted by Crippen LogP contribution is 2.40. The number of likely N-dealkylation sites (N-methyl/N-ethyl adjacent to an activating group) is 1. The van der Waals surface area contributed by atoms with E-state index in [1.807, 2.05) is 61.5 Å². The van der Waals surface area contributed by atoms with Gasteiger partial charge in [-0.15, -0.1) is 0 Å². The second-order valence-electron chi connectivity index (χ2n) is 9.58. The van der Waals surface area contributed by atoms with Crippen LogP contribution in [-0.2, 0) is 14.3 Å². The number of methoxy groups -OCH3 is 1. The van der Waals surface area contributed by atoms with Crippen LogP contribution in [0.4, 0.5) is 5.69 Å². The van der Waals surface area contributed by atoms with Crippen LogP contribution in [0.15, 0.2) is 88.2 Å². The molecule has 42 heavy (non-hydrogen) atoms. The smallest absolute Gasteiger partial charge is 0.338 e. The number of anilines is 1. The second-order valence-corrected chi connectivity index (χ2v) is 11.0. The van der Waals surface area contributed by atoms with Crippen LogP contribution < -0.4 is 24.5 Å². The number of amides is 1. The zero-order chi connectivity index (χ0) is 29.5. The van der Waals surface area contributed by atoms with Crippen LogP contribution in [0.25, 0.3) is 11.3 Å². The number of hydrogen-bond donors (Lipinski definition) is 0. The van der Waals surface area contributed by atoms with E-state index in [9.17, 15) is 14.4 Å². The number of halogens is 1. The zero-order valence-corrected chi connectivity index (χ0v) is 24.7. The standard InChI is InChI=1S/C32H26ClN3O5S/c1-4-35-22-14-10-9-13-20(22)24(29(35)37)28-30(38)36-27(21-17-19(33)15-16-23(21)40-3)25(31(39)41-5-2)26(34-32(36)42-28)18-11-7-6-8-12-18/h6-17,27H,4-5H2,1-3H3/b28-24-/t27-/m1/s1. The van der Waals surface area contributed by atoms with Crippen molar-refractivity contribution in [2.45, 2.75) is 19.9 Å². The van der Waals surface area contributed by atoms with Crippen molar-refractivity contribution in [2.24, 2.45) is 4.99 Å². The summed E-state index contributed by atoms with van der Waals surface area (Å²) in [5, 5.41) is 0.399. The summed E-state index contributed by atoms with van der Waals surface area (Å²) < 4.78 is 12.9. The number of para-hydroxylation sites is 1. The summed E-state index contributed by atoms with van der Waals surface area (Å²) in [5.74, 6) is -0.448. The summed E-state index contributed by atoms with van der Waals surface area (Å²) in [6.45, 7) is 4.18. The molecule has 1 aromatic heterocycles. The SMILES string of the molecule is CCOC(=O)C1=C(c2ccccc2)N=c2s/c(=C3\C(=O)N(CC)c4ccccc43)c(=O)n2[C@@H]1c1cc(Cl)ccc1OC. The van der Waals surface area contributed by atoms with Crippen molar-refractivity contribution in [1.82, 2.24) is 4.57 Å². The summed E-state index contributed by atoms with van der Waals surface area (Å²) >= 11 is 7.59. The Labute approximate surface area is 250 Å². The Hall–Kier alpha value is -4.47. The van der Waals surface area contributed by atoms with Gasteiger partial charge < -0.3 is 14.4 Å². The van der Waals surface area contributed by atoms with E-state index in [1.54, 1.807) is 30.0 Å². The molecule has 8 nitrogen and oxygen atoms in total. The Balaban J connectivity index is 1.76. The van der Waals surface area contributed by atoms with E-state index in [1.165, 1.54) is 11.7 Å². The Morgan fingerprint density at radius 1 is 1.02 bits per heavy atom. The molecule has 0 unspecified atom stereocenters. The summed E-state index contributed by atoms with van der Waals surface area (Å²) in [5.41, 5.74) is 2.99. The Kier molecular flexibility index (Phi) is 7.30. The number of carbonyl (C=O) groups is 2. The molecule has 212 valence electrons. The lowest BCUT2D eigenvalue weighted by atomic mass is 9.92. The van der Waals surface area contributed by atoms with Gasteiger partial charge in [-0.05, 0) is 38.1 Å². The largest absolute Gasteiger partial charge is 0.496 e. The van der Waals surface area contributed by atoms with Crippen molar-refractivity contribution >= 4 is 51.8 Å². The number of rotatable bonds is 6. The molecule has 6 rings (SSSR count). The molecule has 0 spiro atoms. The van der Waals surface area contributed by atoms with Crippen molar-refractivity contribution in [2.75, 3.05) is 25.2 Å². The highest BCUT2D eigenvalue weighted by molar-refractivity contribution is 7.07. The Morgan fingerprint density at radius 2 is 1.76 bits per heavy atom. The highest BCUT2D eigenvalue weighted by Gasteiger charge is 2.39. The molecule has 2 aliphatic heterocycles. The summed E-state index contributed by atoms with van der Waals surface area (Å²) in [4.78, 5) is 48.8. The Bertz CT molecular complexity index is 1960. The maximum Gasteiger partial charge on any atom is 0.338 e. The van der Waals surface area contributed by atoms with E-state index in [2.05, 4.69) is 0 Å². The molecule has 0 radical (unpaired) electrons. The molecule has 3 heterocycles. The van der Waals surface area contributed by atoms with Crippen LogP contribution in [0.3, 0.4) is 0 Å². The lowest BCUT2D eigenvalue weighted by molar-refractivity contribution is -0.138. The molecule has 4 aromatic rings. The number of ether oxygens (including phenoxy) is 2. The van der Waals surface area contributed by atoms with Gasteiger partial charge >= 0.3 is 5.97 Å². The Morgan fingerprint density at radius 3 is 2.48 bits per heavy atom. The minimum absolute atomic E-state index is 0.122. The van der Waals surface area contributed by atoms with Gasteiger partial charge in [0.1, 0.15) is 16.3 Å². The fourth-order valence-electron chi connectivity index (χ4n) is 5.52. The van der Waals surface area contributed by atoms with Crippen molar-refractivity contribution in [3.8, 4) is 5.75 Å². The molecule has 10 heteroatoms. The van der Waals surface area contributed by atoms with Crippen LogP contribution >= 0.6 is 22.9 Å². The average molecular weight is 600 g/mol. The normalized spacial score (nSPS) is 17.1. The number of esters is 1. The van der Waals surface area contributed by atoms with Gasteiger partial charge in [-0.3, -0.25) is 14.2 Å². The van der Waals surface area contributed by atoms with Gasteiger partial charge in [0.2, 0.25) is 0 Å². The fourth-order valence-corrected chi connectivity index (χ4v) is 6.79. The van der Waals surface area contributed by atoms with Gasteiger partial charge in [0.25, 0.3) is 11.5 Å². The zero-order valence-electron chi connectivity index (χ0n) is 23.1. The topological polar surface area (TPSA) is 90.2 Å². The molecule has 3 aromatic carbocycles. The van der Waals surface area contributed by atoms with E-state index in [0.29, 0.717) is 50.1 Å². The van der Waals surface area contributed by atoms with Gasteiger partial charge in [-0.25, -0.2) is 9.79 Å². The lowest BCUT2D eigenvalue weighted by Crippen LogP contribution is -2.41. The van der Waals surface area contributed by atoms with Crippen LogP contribution in [0.5, 0.6) is 5.75 Å².